The Labute approximate surface area is 154 Å². The van der Waals surface area contributed by atoms with Crippen LogP contribution in [-0.4, -0.2) is 77.5 Å². The number of rotatable bonds is 15. The van der Waals surface area contributed by atoms with Crippen LogP contribution in [0, 0.1) is 6.92 Å². The van der Waals surface area contributed by atoms with Crippen molar-refractivity contribution >= 4 is 10.1 Å². The fraction of sp³-hybridized carbons (Fsp3) is 0.647. The molecule has 0 aliphatic rings. The van der Waals surface area contributed by atoms with Crippen molar-refractivity contribution in [3.8, 4) is 0 Å². The fourth-order valence-electron chi connectivity index (χ4n) is 2.16. The van der Waals surface area contributed by atoms with Gasteiger partial charge in [-0.3, -0.25) is 4.55 Å². The monoisotopic (exact) mass is 392 g/mol. The van der Waals surface area contributed by atoms with Crippen LogP contribution in [-0.2, 0) is 35.5 Å². The number of hydrogen-bond acceptors (Lipinski definition) is 7. The Hall–Kier alpha value is -1.07. The highest BCUT2D eigenvalue weighted by Crippen LogP contribution is 2.17. The van der Waals surface area contributed by atoms with E-state index in [-0.39, 0.29) is 11.5 Å². The van der Waals surface area contributed by atoms with Gasteiger partial charge in [-0.15, -0.1) is 0 Å². The molecule has 9 heteroatoms. The number of aliphatic hydroxyl groups excluding tert-OH is 1. The van der Waals surface area contributed by atoms with Gasteiger partial charge in [0.15, 0.2) is 0 Å². The summed E-state index contributed by atoms with van der Waals surface area (Å²) in [6.07, 6.45) is 0.383. The molecule has 0 heterocycles. The zero-order chi connectivity index (χ0) is 19.3. The van der Waals surface area contributed by atoms with E-state index in [2.05, 4.69) is 0 Å². The molecule has 26 heavy (non-hydrogen) atoms. The summed E-state index contributed by atoms with van der Waals surface area (Å²) in [5, 5.41) is 8.52. The standard InChI is InChI=1S/C17H28O8S/c1-15-2-3-17(26(19,20)21)16(14-15)4-6-22-8-10-24-12-13-25-11-9-23-7-5-18/h2-3,14,18H,4-13H2,1H3,(H,19,20,21). The van der Waals surface area contributed by atoms with Gasteiger partial charge in [0, 0.05) is 0 Å². The van der Waals surface area contributed by atoms with E-state index >= 15 is 0 Å². The molecule has 0 atom stereocenters. The Morgan fingerprint density at radius 1 is 0.846 bits per heavy atom. The Balaban J connectivity index is 2.09. The van der Waals surface area contributed by atoms with Crippen molar-refractivity contribution < 1.29 is 37.0 Å². The molecule has 1 aromatic carbocycles. The lowest BCUT2D eigenvalue weighted by molar-refractivity contribution is -0.00525. The lowest BCUT2D eigenvalue weighted by Gasteiger charge is -2.09. The second-order valence-corrected chi connectivity index (χ2v) is 6.90. The Bertz CT molecular complexity index is 603. The van der Waals surface area contributed by atoms with E-state index in [0.29, 0.717) is 64.8 Å². The zero-order valence-corrected chi connectivity index (χ0v) is 15.9. The summed E-state index contributed by atoms with van der Waals surface area (Å²) in [5.41, 5.74) is 1.45. The Kier molecular flexibility index (Phi) is 11.6. The third-order valence-corrected chi connectivity index (χ3v) is 4.32. The van der Waals surface area contributed by atoms with E-state index in [1.54, 1.807) is 12.1 Å². The molecule has 0 radical (unpaired) electrons. The van der Waals surface area contributed by atoms with Crippen LogP contribution in [0.25, 0.3) is 0 Å². The molecular formula is C17H28O8S. The van der Waals surface area contributed by atoms with Crippen LogP contribution >= 0.6 is 0 Å². The van der Waals surface area contributed by atoms with Gasteiger partial charge in [0.05, 0.1) is 64.4 Å². The third kappa shape index (κ3) is 10.2. The van der Waals surface area contributed by atoms with Crippen LogP contribution < -0.4 is 0 Å². The SMILES string of the molecule is Cc1ccc(S(=O)(=O)O)c(CCOCCOCCOCCOCCO)c1. The lowest BCUT2D eigenvalue weighted by Crippen LogP contribution is -2.13. The molecular weight excluding hydrogens is 364 g/mol. The van der Waals surface area contributed by atoms with Crippen LogP contribution in [0.2, 0.25) is 0 Å². The lowest BCUT2D eigenvalue weighted by atomic mass is 10.1. The molecule has 0 fully saturated rings. The van der Waals surface area contributed by atoms with E-state index in [1.165, 1.54) is 6.07 Å². The maximum absolute atomic E-state index is 11.4. The molecule has 0 aliphatic heterocycles. The molecule has 1 rings (SSSR count). The van der Waals surface area contributed by atoms with Crippen LogP contribution in [0.4, 0.5) is 0 Å². The average Bonchev–Trinajstić information content (AvgIpc) is 2.58. The number of benzene rings is 1. The normalized spacial score (nSPS) is 11.8. The molecule has 0 aliphatic carbocycles. The van der Waals surface area contributed by atoms with Gasteiger partial charge in [-0.05, 0) is 25.0 Å². The Morgan fingerprint density at radius 2 is 1.35 bits per heavy atom. The number of aryl methyl sites for hydroxylation is 1. The maximum atomic E-state index is 11.4. The number of ether oxygens (including phenoxy) is 4. The number of aliphatic hydroxyl groups is 1. The van der Waals surface area contributed by atoms with Crippen molar-refractivity contribution in [1.82, 2.24) is 0 Å². The topological polar surface area (TPSA) is 112 Å². The van der Waals surface area contributed by atoms with Gasteiger partial charge >= 0.3 is 0 Å². The van der Waals surface area contributed by atoms with Gasteiger partial charge in [0.25, 0.3) is 10.1 Å². The first-order valence-electron chi connectivity index (χ1n) is 8.44. The van der Waals surface area contributed by atoms with Gasteiger partial charge in [-0.25, -0.2) is 0 Å². The van der Waals surface area contributed by atoms with Crippen molar-refractivity contribution in [2.24, 2.45) is 0 Å². The van der Waals surface area contributed by atoms with Gasteiger partial charge < -0.3 is 24.1 Å². The first-order valence-corrected chi connectivity index (χ1v) is 9.88. The van der Waals surface area contributed by atoms with Gasteiger partial charge in [-0.1, -0.05) is 17.7 Å². The first-order chi connectivity index (χ1) is 12.4. The van der Waals surface area contributed by atoms with Crippen LogP contribution in [0.5, 0.6) is 0 Å². The van der Waals surface area contributed by atoms with Crippen molar-refractivity contribution in [1.29, 1.82) is 0 Å². The van der Waals surface area contributed by atoms with Crippen molar-refractivity contribution in [2.45, 2.75) is 18.2 Å². The van der Waals surface area contributed by atoms with Crippen molar-refractivity contribution in [2.75, 3.05) is 59.5 Å². The van der Waals surface area contributed by atoms with Crippen molar-refractivity contribution in [3.05, 3.63) is 29.3 Å². The average molecular weight is 392 g/mol. The molecule has 2 N–H and O–H groups in total. The molecule has 0 spiro atoms. The zero-order valence-electron chi connectivity index (χ0n) is 15.1. The largest absolute Gasteiger partial charge is 0.394 e. The molecule has 150 valence electrons. The smallest absolute Gasteiger partial charge is 0.294 e. The predicted molar refractivity (Wildman–Crippen MR) is 95.1 cm³/mol. The van der Waals surface area contributed by atoms with Crippen LogP contribution in [0.15, 0.2) is 23.1 Å². The van der Waals surface area contributed by atoms with E-state index in [9.17, 15) is 13.0 Å². The third-order valence-electron chi connectivity index (χ3n) is 3.36. The molecule has 1 aromatic rings. The predicted octanol–water partition coefficient (Wildman–Crippen LogP) is 0.843. The van der Waals surface area contributed by atoms with Gasteiger partial charge in [-0.2, -0.15) is 8.42 Å². The summed E-state index contributed by atoms with van der Waals surface area (Å²) < 4.78 is 53.1. The second kappa shape index (κ2) is 13.2. The molecule has 0 saturated carbocycles. The molecule has 0 aromatic heterocycles. The quantitative estimate of drug-likeness (QED) is 0.334. The summed E-state index contributed by atoms with van der Waals surface area (Å²) in [6, 6.07) is 4.77. The molecule has 0 unspecified atom stereocenters. The summed E-state index contributed by atoms with van der Waals surface area (Å²) in [4.78, 5) is -0.0805. The second-order valence-electron chi connectivity index (χ2n) is 5.51. The Morgan fingerprint density at radius 3 is 1.85 bits per heavy atom. The highest BCUT2D eigenvalue weighted by molar-refractivity contribution is 7.85. The van der Waals surface area contributed by atoms with Crippen molar-refractivity contribution in [3.63, 3.8) is 0 Å². The minimum atomic E-state index is -4.23. The first kappa shape index (κ1) is 23.0. The molecule has 0 bridgehead atoms. The summed E-state index contributed by atoms with van der Waals surface area (Å²) in [7, 11) is -4.23. The maximum Gasteiger partial charge on any atom is 0.294 e. The fourth-order valence-corrected chi connectivity index (χ4v) is 2.90. The summed E-state index contributed by atoms with van der Waals surface area (Å²) in [6.45, 7) is 5.06. The summed E-state index contributed by atoms with van der Waals surface area (Å²) >= 11 is 0. The number of hydrogen-bond donors (Lipinski definition) is 2. The van der Waals surface area contributed by atoms with E-state index in [0.717, 1.165) is 5.56 Å². The highest BCUT2D eigenvalue weighted by Gasteiger charge is 2.15. The van der Waals surface area contributed by atoms with E-state index in [1.807, 2.05) is 6.92 Å². The van der Waals surface area contributed by atoms with Crippen LogP contribution in [0.1, 0.15) is 11.1 Å². The van der Waals surface area contributed by atoms with Gasteiger partial charge in [0.1, 0.15) is 0 Å². The molecule has 0 saturated heterocycles. The van der Waals surface area contributed by atoms with E-state index < -0.39 is 10.1 Å². The molecule has 0 amide bonds. The summed E-state index contributed by atoms with van der Waals surface area (Å²) in [5.74, 6) is 0. The van der Waals surface area contributed by atoms with E-state index in [4.69, 9.17) is 24.1 Å². The minimum absolute atomic E-state index is 0.00408. The highest BCUT2D eigenvalue weighted by atomic mass is 32.2. The van der Waals surface area contributed by atoms with Gasteiger partial charge in [0.2, 0.25) is 0 Å². The minimum Gasteiger partial charge on any atom is -0.394 e. The van der Waals surface area contributed by atoms with Crippen LogP contribution in [0.3, 0.4) is 0 Å². The molecule has 8 nitrogen and oxygen atoms in total.